The molecular formula is C16H16N2O5S. The van der Waals surface area contributed by atoms with Crippen molar-refractivity contribution in [2.75, 3.05) is 10.1 Å². The average molecular weight is 348 g/mol. The molecule has 0 unspecified atom stereocenters. The van der Waals surface area contributed by atoms with E-state index in [4.69, 9.17) is 4.42 Å². The Balaban J connectivity index is 1.81. The molecule has 1 fully saturated rings. The SMILES string of the molecule is C[C@H]1CS(=O)(=O)N(c2cccc(C(=O)NCc3ccco3)c2)C1=O. The molecule has 7 nitrogen and oxygen atoms in total. The molecule has 0 bridgehead atoms. The first-order chi connectivity index (χ1) is 11.4. The van der Waals surface area contributed by atoms with Gasteiger partial charge in [0.1, 0.15) is 5.76 Å². The minimum atomic E-state index is -3.69. The van der Waals surface area contributed by atoms with E-state index >= 15 is 0 Å². The second kappa shape index (κ2) is 6.12. The van der Waals surface area contributed by atoms with Crippen molar-refractivity contribution in [2.24, 2.45) is 5.92 Å². The molecule has 0 spiro atoms. The lowest BCUT2D eigenvalue weighted by Gasteiger charge is -2.16. The van der Waals surface area contributed by atoms with Gasteiger partial charge in [-0.1, -0.05) is 13.0 Å². The molecule has 1 aliphatic rings. The van der Waals surface area contributed by atoms with E-state index in [1.165, 1.54) is 18.4 Å². The second-order valence-corrected chi connectivity index (χ2v) is 7.46. The van der Waals surface area contributed by atoms with Gasteiger partial charge in [-0.25, -0.2) is 12.7 Å². The Morgan fingerprint density at radius 1 is 1.33 bits per heavy atom. The monoisotopic (exact) mass is 348 g/mol. The molecule has 1 aromatic heterocycles. The van der Waals surface area contributed by atoms with Crippen molar-refractivity contribution >= 4 is 27.5 Å². The number of sulfonamides is 1. The first kappa shape index (κ1) is 16.3. The molecule has 0 radical (unpaired) electrons. The molecule has 1 N–H and O–H groups in total. The minimum Gasteiger partial charge on any atom is -0.467 e. The summed E-state index contributed by atoms with van der Waals surface area (Å²) in [6, 6.07) is 9.43. The average Bonchev–Trinajstić information content (AvgIpc) is 3.11. The summed E-state index contributed by atoms with van der Waals surface area (Å²) >= 11 is 0. The van der Waals surface area contributed by atoms with Crippen LogP contribution in [0.4, 0.5) is 5.69 Å². The summed E-state index contributed by atoms with van der Waals surface area (Å²) in [5.41, 5.74) is 0.441. The van der Waals surface area contributed by atoms with E-state index in [0.717, 1.165) is 4.31 Å². The fourth-order valence-corrected chi connectivity index (χ4v) is 4.36. The van der Waals surface area contributed by atoms with E-state index < -0.39 is 21.8 Å². The zero-order chi connectivity index (χ0) is 17.3. The second-order valence-electron chi connectivity index (χ2n) is 5.59. The van der Waals surface area contributed by atoms with Crippen LogP contribution < -0.4 is 9.62 Å². The van der Waals surface area contributed by atoms with Crippen molar-refractivity contribution in [2.45, 2.75) is 13.5 Å². The Kier molecular flexibility index (Phi) is 4.15. The minimum absolute atomic E-state index is 0.176. The zero-order valence-corrected chi connectivity index (χ0v) is 13.7. The van der Waals surface area contributed by atoms with Crippen molar-refractivity contribution in [3.63, 3.8) is 0 Å². The van der Waals surface area contributed by atoms with Gasteiger partial charge in [0.15, 0.2) is 0 Å². The molecule has 2 amide bonds. The topological polar surface area (TPSA) is 96.7 Å². The van der Waals surface area contributed by atoms with Crippen molar-refractivity contribution in [1.29, 1.82) is 0 Å². The quantitative estimate of drug-likeness (QED) is 0.904. The van der Waals surface area contributed by atoms with Crippen LogP contribution in [0.5, 0.6) is 0 Å². The van der Waals surface area contributed by atoms with Crippen LogP contribution in [0.1, 0.15) is 23.0 Å². The van der Waals surface area contributed by atoms with E-state index in [2.05, 4.69) is 5.32 Å². The Bertz CT molecular complexity index is 874. The van der Waals surface area contributed by atoms with E-state index in [-0.39, 0.29) is 29.5 Å². The van der Waals surface area contributed by atoms with Gasteiger partial charge >= 0.3 is 0 Å². The number of rotatable bonds is 4. The number of hydrogen-bond donors (Lipinski definition) is 1. The lowest BCUT2D eigenvalue weighted by molar-refractivity contribution is -0.119. The number of amides is 2. The molecule has 24 heavy (non-hydrogen) atoms. The van der Waals surface area contributed by atoms with Crippen LogP contribution in [0.3, 0.4) is 0 Å². The van der Waals surface area contributed by atoms with Crippen LogP contribution in [0, 0.1) is 5.92 Å². The van der Waals surface area contributed by atoms with E-state index in [1.54, 1.807) is 31.2 Å². The number of nitrogens with zero attached hydrogens (tertiary/aromatic N) is 1. The zero-order valence-electron chi connectivity index (χ0n) is 12.9. The van der Waals surface area contributed by atoms with Gasteiger partial charge in [0, 0.05) is 5.56 Å². The van der Waals surface area contributed by atoms with Gasteiger partial charge in [-0.05, 0) is 30.3 Å². The molecule has 2 aromatic rings. The molecule has 0 aliphatic carbocycles. The third-order valence-corrected chi connectivity index (χ3v) is 5.57. The van der Waals surface area contributed by atoms with Crippen molar-refractivity contribution in [1.82, 2.24) is 5.32 Å². The molecule has 126 valence electrons. The molecule has 1 saturated heterocycles. The largest absolute Gasteiger partial charge is 0.467 e. The highest BCUT2D eigenvalue weighted by Gasteiger charge is 2.42. The number of benzene rings is 1. The maximum Gasteiger partial charge on any atom is 0.251 e. The summed E-state index contributed by atoms with van der Waals surface area (Å²) in [5, 5.41) is 2.67. The van der Waals surface area contributed by atoms with Gasteiger partial charge in [-0.15, -0.1) is 0 Å². The third-order valence-electron chi connectivity index (χ3n) is 3.71. The maximum absolute atomic E-state index is 12.2. The predicted octanol–water partition coefficient (Wildman–Crippen LogP) is 1.52. The highest BCUT2D eigenvalue weighted by atomic mass is 32.2. The molecule has 3 rings (SSSR count). The number of carbonyl (C=O) groups excluding carboxylic acids is 2. The summed E-state index contributed by atoms with van der Waals surface area (Å²) < 4.78 is 30.2. The summed E-state index contributed by atoms with van der Waals surface area (Å²) in [7, 11) is -3.69. The Morgan fingerprint density at radius 3 is 2.75 bits per heavy atom. The smallest absolute Gasteiger partial charge is 0.251 e. The van der Waals surface area contributed by atoms with Gasteiger partial charge in [0.05, 0.1) is 30.2 Å². The summed E-state index contributed by atoms with van der Waals surface area (Å²) in [5.74, 6) is -1.08. The van der Waals surface area contributed by atoms with Gasteiger partial charge in [-0.3, -0.25) is 9.59 Å². The van der Waals surface area contributed by atoms with Crippen molar-refractivity contribution in [3.8, 4) is 0 Å². The molecule has 1 aromatic carbocycles. The molecule has 8 heteroatoms. The lowest BCUT2D eigenvalue weighted by atomic mass is 10.1. The summed E-state index contributed by atoms with van der Waals surface area (Å²) in [6.45, 7) is 1.79. The molecule has 0 saturated carbocycles. The first-order valence-electron chi connectivity index (χ1n) is 7.36. The third kappa shape index (κ3) is 3.05. The van der Waals surface area contributed by atoms with Crippen LogP contribution >= 0.6 is 0 Å². The predicted molar refractivity (Wildman–Crippen MR) is 86.8 cm³/mol. The number of nitrogens with one attached hydrogen (secondary N) is 1. The lowest BCUT2D eigenvalue weighted by Crippen LogP contribution is -2.30. The van der Waals surface area contributed by atoms with Gasteiger partial charge in [-0.2, -0.15) is 0 Å². The highest BCUT2D eigenvalue weighted by Crippen LogP contribution is 2.28. The van der Waals surface area contributed by atoms with Crippen LogP contribution in [-0.2, 0) is 21.4 Å². The van der Waals surface area contributed by atoms with Gasteiger partial charge in [0.2, 0.25) is 15.9 Å². The van der Waals surface area contributed by atoms with E-state index in [0.29, 0.717) is 5.76 Å². The Hall–Kier alpha value is -2.61. The normalized spacial score (nSPS) is 19.5. The number of furan rings is 1. The summed E-state index contributed by atoms with van der Waals surface area (Å²) in [6.07, 6.45) is 1.51. The molecular weight excluding hydrogens is 332 g/mol. The van der Waals surface area contributed by atoms with Gasteiger partial charge in [0.25, 0.3) is 5.91 Å². The number of anilines is 1. The van der Waals surface area contributed by atoms with Crippen LogP contribution in [0.25, 0.3) is 0 Å². The van der Waals surface area contributed by atoms with Crippen LogP contribution in [-0.4, -0.2) is 26.0 Å². The molecule has 2 heterocycles. The standard InChI is InChI=1S/C16H16N2O5S/c1-11-10-24(21,22)18(16(11)20)13-5-2-4-12(8-13)15(19)17-9-14-6-3-7-23-14/h2-8,11H,9-10H2,1H3,(H,17,19)/t11-/m0/s1. The van der Waals surface area contributed by atoms with Gasteiger partial charge < -0.3 is 9.73 Å². The highest BCUT2D eigenvalue weighted by molar-refractivity contribution is 7.94. The fraction of sp³-hybridized carbons (Fsp3) is 0.250. The molecule has 1 atom stereocenters. The maximum atomic E-state index is 12.2. The van der Waals surface area contributed by atoms with Crippen molar-refractivity contribution < 1.29 is 22.4 Å². The van der Waals surface area contributed by atoms with E-state index in [9.17, 15) is 18.0 Å². The van der Waals surface area contributed by atoms with Crippen LogP contribution in [0.2, 0.25) is 0 Å². The summed E-state index contributed by atoms with van der Waals surface area (Å²) in [4.78, 5) is 24.3. The Labute approximate surface area is 139 Å². The van der Waals surface area contributed by atoms with Crippen molar-refractivity contribution in [3.05, 3.63) is 54.0 Å². The fourth-order valence-electron chi connectivity index (χ4n) is 2.54. The van der Waals surface area contributed by atoms with E-state index in [1.807, 2.05) is 0 Å². The number of carbonyl (C=O) groups is 2. The van der Waals surface area contributed by atoms with Crippen LogP contribution in [0.15, 0.2) is 47.1 Å². The first-order valence-corrected chi connectivity index (χ1v) is 8.97. The molecule has 1 aliphatic heterocycles. The number of hydrogen-bond acceptors (Lipinski definition) is 5. The Morgan fingerprint density at radius 2 is 2.12 bits per heavy atom.